The van der Waals surface area contributed by atoms with Crippen LogP contribution in [0.1, 0.15) is 55.6 Å². The monoisotopic (exact) mass is 429 g/mol. The first-order valence-corrected chi connectivity index (χ1v) is 10.8. The number of benzene rings is 1. The number of rotatable bonds is 8. The minimum absolute atomic E-state index is 0.00242. The van der Waals surface area contributed by atoms with Gasteiger partial charge in [-0.05, 0) is 58.6 Å². The number of anilines is 1. The maximum Gasteiger partial charge on any atom is 0.342 e. The molecule has 1 saturated carbocycles. The summed E-state index contributed by atoms with van der Waals surface area (Å²) in [7, 11) is 0. The molecule has 3 rings (SSSR count). The topological polar surface area (TPSA) is 113 Å². The van der Waals surface area contributed by atoms with Gasteiger partial charge >= 0.3 is 5.97 Å². The van der Waals surface area contributed by atoms with E-state index in [0.717, 1.165) is 25.7 Å². The molecule has 0 saturated heterocycles. The van der Waals surface area contributed by atoms with Gasteiger partial charge in [0.2, 0.25) is 5.91 Å². The summed E-state index contributed by atoms with van der Waals surface area (Å²) in [6.07, 6.45) is 3.26. The summed E-state index contributed by atoms with van der Waals surface area (Å²) in [5.41, 5.74) is 8.21. The zero-order valence-corrected chi connectivity index (χ0v) is 18.4. The fourth-order valence-corrected chi connectivity index (χ4v) is 3.97. The van der Waals surface area contributed by atoms with Crippen LogP contribution in [0.3, 0.4) is 0 Å². The lowest BCUT2D eigenvalue weighted by atomic mass is 9.93. The molecule has 0 spiro atoms. The molecule has 2 aromatic rings. The van der Waals surface area contributed by atoms with Crippen molar-refractivity contribution in [2.24, 2.45) is 0 Å². The van der Waals surface area contributed by atoms with Gasteiger partial charge in [0.1, 0.15) is 17.9 Å². The quantitative estimate of drug-likeness (QED) is 0.620. The van der Waals surface area contributed by atoms with Crippen LogP contribution in [0.2, 0.25) is 0 Å². The molecule has 1 aliphatic rings. The van der Waals surface area contributed by atoms with Crippen molar-refractivity contribution >= 4 is 28.5 Å². The third-order valence-electron chi connectivity index (χ3n) is 5.44. The fraction of sp³-hybridized carbons (Fsp3) is 0.522. The van der Waals surface area contributed by atoms with Gasteiger partial charge in [-0.1, -0.05) is 6.07 Å². The van der Waals surface area contributed by atoms with Crippen molar-refractivity contribution in [3.8, 4) is 5.75 Å². The summed E-state index contributed by atoms with van der Waals surface area (Å²) < 4.78 is 16.6. The lowest BCUT2D eigenvalue weighted by Crippen LogP contribution is -2.41. The number of hydrogen-bond donors (Lipinski definition) is 2. The third-order valence-corrected chi connectivity index (χ3v) is 5.44. The Labute approximate surface area is 182 Å². The second-order valence-electron chi connectivity index (χ2n) is 7.65. The molecule has 0 aliphatic heterocycles. The van der Waals surface area contributed by atoms with Crippen LogP contribution < -0.4 is 15.8 Å². The molecule has 1 aromatic carbocycles. The van der Waals surface area contributed by atoms with Crippen molar-refractivity contribution in [1.29, 1.82) is 0 Å². The van der Waals surface area contributed by atoms with Crippen molar-refractivity contribution < 1.29 is 23.8 Å². The van der Waals surface area contributed by atoms with E-state index < -0.39 is 5.97 Å². The van der Waals surface area contributed by atoms with Gasteiger partial charge in [0, 0.05) is 12.6 Å². The number of esters is 1. The van der Waals surface area contributed by atoms with Gasteiger partial charge in [-0.25, -0.2) is 4.79 Å². The van der Waals surface area contributed by atoms with Gasteiger partial charge in [-0.15, -0.1) is 0 Å². The molecule has 1 aromatic heterocycles. The lowest BCUT2D eigenvalue weighted by molar-refractivity contribution is -0.126. The summed E-state index contributed by atoms with van der Waals surface area (Å²) in [5, 5.41) is 3.64. The Hall–Kier alpha value is -2.87. The number of amides is 1. The van der Waals surface area contributed by atoms with Crippen LogP contribution in [-0.2, 0) is 14.3 Å². The van der Waals surface area contributed by atoms with Crippen LogP contribution in [0.15, 0.2) is 18.2 Å². The average molecular weight is 430 g/mol. The number of nitrogens with zero attached hydrogens (tertiary/aromatic N) is 1. The minimum atomic E-state index is -0.481. The SMILES string of the molecule is CCOCC(=O)NC1CCC(Oc2cccc3nc(C)c(C(=O)OCC)c(N)c23)CC1. The van der Waals surface area contributed by atoms with Crippen molar-refractivity contribution in [1.82, 2.24) is 10.3 Å². The van der Waals surface area contributed by atoms with Crippen LogP contribution in [-0.4, -0.2) is 48.8 Å². The number of nitrogens with two attached hydrogens (primary N) is 1. The number of ether oxygens (including phenoxy) is 3. The van der Waals surface area contributed by atoms with Gasteiger partial charge in [0.15, 0.2) is 0 Å². The first kappa shape index (κ1) is 22.8. The Balaban J connectivity index is 1.73. The zero-order chi connectivity index (χ0) is 22.4. The molecule has 8 nitrogen and oxygen atoms in total. The van der Waals surface area contributed by atoms with Crippen molar-refractivity contribution in [3.05, 3.63) is 29.5 Å². The number of aryl methyl sites for hydroxylation is 1. The molecule has 1 fully saturated rings. The molecule has 31 heavy (non-hydrogen) atoms. The molecular weight excluding hydrogens is 398 g/mol. The van der Waals surface area contributed by atoms with E-state index in [2.05, 4.69) is 10.3 Å². The lowest BCUT2D eigenvalue weighted by Gasteiger charge is -2.30. The Kier molecular flexibility index (Phi) is 7.68. The highest BCUT2D eigenvalue weighted by Crippen LogP contribution is 2.35. The fourth-order valence-electron chi connectivity index (χ4n) is 3.97. The van der Waals surface area contributed by atoms with E-state index in [0.29, 0.717) is 34.6 Å². The molecule has 0 bridgehead atoms. The van der Waals surface area contributed by atoms with Crippen molar-refractivity contribution in [2.45, 2.75) is 58.6 Å². The van der Waals surface area contributed by atoms with Crippen molar-refractivity contribution in [2.75, 3.05) is 25.6 Å². The molecule has 0 unspecified atom stereocenters. The van der Waals surface area contributed by atoms with Gasteiger partial charge in [0.05, 0.1) is 35.0 Å². The van der Waals surface area contributed by atoms with Crippen LogP contribution in [0.5, 0.6) is 5.75 Å². The van der Waals surface area contributed by atoms with E-state index in [1.54, 1.807) is 13.8 Å². The molecule has 0 radical (unpaired) electrons. The normalized spacial score (nSPS) is 18.5. The highest BCUT2D eigenvalue weighted by Gasteiger charge is 2.26. The minimum Gasteiger partial charge on any atom is -0.490 e. The Morgan fingerprint density at radius 2 is 1.90 bits per heavy atom. The number of carbonyl (C=O) groups is 2. The van der Waals surface area contributed by atoms with Crippen LogP contribution >= 0.6 is 0 Å². The molecule has 3 N–H and O–H groups in total. The smallest absolute Gasteiger partial charge is 0.342 e. The Morgan fingerprint density at radius 1 is 1.16 bits per heavy atom. The van der Waals surface area contributed by atoms with E-state index in [-0.39, 0.29) is 36.8 Å². The zero-order valence-electron chi connectivity index (χ0n) is 18.4. The number of fused-ring (bicyclic) bond motifs is 1. The first-order valence-electron chi connectivity index (χ1n) is 10.8. The van der Waals surface area contributed by atoms with E-state index in [1.807, 2.05) is 25.1 Å². The third kappa shape index (κ3) is 5.44. The predicted octanol–water partition coefficient (Wildman–Crippen LogP) is 3.14. The standard InChI is InChI=1S/C23H31N3O5/c1-4-29-13-19(27)26-15-9-11-16(12-10-15)31-18-8-6-7-17-21(18)22(24)20(14(3)25-17)23(28)30-5-2/h6-8,15-16H,4-5,9-13H2,1-3H3,(H2,24,25)(H,26,27). The maximum absolute atomic E-state index is 12.4. The highest BCUT2D eigenvalue weighted by atomic mass is 16.5. The molecular formula is C23H31N3O5. The Bertz CT molecular complexity index is 938. The van der Waals surface area contributed by atoms with Gasteiger partial charge in [0.25, 0.3) is 0 Å². The molecule has 168 valence electrons. The number of pyridine rings is 1. The van der Waals surface area contributed by atoms with E-state index in [1.165, 1.54) is 0 Å². The number of carbonyl (C=O) groups excluding carboxylic acids is 2. The van der Waals surface area contributed by atoms with Gasteiger partial charge < -0.3 is 25.3 Å². The summed E-state index contributed by atoms with van der Waals surface area (Å²) in [6.45, 7) is 6.24. The van der Waals surface area contributed by atoms with E-state index in [4.69, 9.17) is 19.9 Å². The van der Waals surface area contributed by atoms with Crippen LogP contribution in [0.25, 0.3) is 10.9 Å². The van der Waals surface area contributed by atoms with E-state index >= 15 is 0 Å². The number of nitrogens with one attached hydrogen (secondary N) is 1. The van der Waals surface area contributed by atoms with Gasteiger partial charge in [-0.3, -0.25) is 9.78 Å². The molecule has 0 atom stereocenters. The highest BCUT2D eigenvalue weighted by molar-refractivity contribution is 6.07. The average Bonchev–Trinajstić information content (AvgIpc) is 2.73. The molecule has 8 heteroatoms. The maximum atomic E-state index is 12.4. The summed E-state index contributed by atoms with van der Waals surface area (Å²) in [6, 6.07) is 5.70. The molecule has 1 aliphatic carbocycles. The Morgan fingerprint density at radius 3 is 2.58 bits per heavy atom. The summed E-state index contributed by atoms with van der Waals surface area (Å²) in [4.78, 5) is 28.8. The second-order valence-corrected chi connectivity index (χ2v) is 7.65. The largest absolute Gasteiger partial charge is 0.490 e. The molecule has 1 heterocycles. The second kappa shape index (κ2) is 10.4. The number of aromatic nitrogens is 1. The van der Waals surface area contributed by atoms with Gasteiger partial charge in [-0.2, -0.15) is 0 Å². The summed E-state index contributed by atoms with van der Waals surface area (Å²) >= 11 is 0. The van der Waals surface area contributed by atoms with Crippen molar-refractivity contribution in [3.63, 3.8) is 0 Å². The number of hydrogen-bond acceptors (Lipinski definition) is 7. The first-order chi connectivity index (χ1) is 14.9. The number of nitrogen functional groups attached to an aromatic ring is 1. The summed E-state index contributed by atoms with van der Waals surface area (Å²) in [5.74, 6) is 0.0443. The predicted molar refractivity (Wildman–Crippen MR) is 118 cm³/mol. The molecule has 1 amide bonds. The van der Waals surface area contributed by atoms with Crippen LogP contribution in [0, 0.1) is 6.92 Å². The van der Waals surface area contributed by atoms with Crippen LogP contribution in [0.4, 0.5) is 5.69 Å². The van der Waals surface area contributed by atoms with E-state index in [9.17, 15) is 9.59 Å².